The lowest BCUT2D eigenvalue weighted by atomic mass is 10.0. The largest absolute Gasteiger partial charge is 0.425 e. The van der Waals surface area contributed by atoms with Gasteiger partial charge in [0.05, 0.1) is 5.69 Å². The summed E-state index contributed by atoms with van der Waals surface area (Å²) in [6.45, 7) is 3.61. The minimum absolute atomic E-state index is 0.407. The van der Waals surface area contributed by atoms with Crippen LogP contribution in [0.1, 0.15) is 20.3 Å². The second-order valence-corrected chi connectivity index (χ2v) is 4.87. The molecular weight excluding hydrogens is 264 g/mol. The van der Waals surface area contributed by atoms with Gasteiger partial charge in [-0.05, 0) is 37.6 Å². The number of rotatable bonds is 5. The number of benzene rings is 2. The summed E-state index contributed by atoms with van der Waals surface area (Å²) in [5.74, 6) is 0.105. The van der Waals surface area contributed by atoms with Crippen LogP contribution in [0.2, 0.25) is 0 Å². The summed E-state index contributed by atoms with van der Waals surface area (Å²) >= 11 is 0. The van der Waals surface area contributed by atoms with Crippen LogP contribution in [0.5, 0.6) is 5.75 Å². The van der Waals surface area contributed by atoms with Crippen molar-refractivity contribution in [2.75, 3.05) is 0 Å². The molecule has 0 bridgehead atoms. The Bertz CT molecular complexity index is 611. The summed E-state index contributed by atoms with van der Waals surface area (Å²) in [5.41, 5.74) is -0.282. The highest BCUT2D eigenvalue weighted by molar-refractivity contribution is 5.82. The third-order valence-electron chi connectivity index (χ3n) is 3.22. The first-order chi connectivity index (χ1) is 10.1. The SMILES string of the molecule is CCC(C)(N=Nc1ccccc1)C(=O)Oc1ccccc1. The van der Waals surface area contributed by atoms with E-state index in [1.165, 1.54) is 0 Å². The number of carbonyl (C=O) groups is 1. The van der Waals surface area contributed by atoms with Gasteiger partial charge >= 0.3 is 5.97 Å². The molecule has 108 valence electrons. The maximum atomic E-state index is 12.3. The van der Waals surface area contributed by atoms with Gasteiger partial charge in [0.25, 0.3) is 0 Å². The molecule has 4 heteroatoms. The first-order valence-electron chi connectivity index (χ1n) is 6.89. The predicted molar refractivity (Wildman–Crippen MR) is 81.7 cm³/mol. The van der Waals surface area contributed by atoms with Crippen LogP contribution in [0.3, 0.4) is 0 Å². The van der Waals surface area contributed by atoms with Gasteiger partial charge in [0.15, 0.2) is 5.54 Å². The Morgan fingerprint density at radius 3 is 2.19 bits per heavy atom. The molecule has 0 radical (unpaired) electrons. The van der Waals surface area contributed by atoms with E-state index in [1.807, 2.05) is 55.5 Å². The molecule has 0 fully saturated rings. The number of nitrogens with zero attached hydrogens (tertiary/aromatic N) is 2. The molecule has 0 heterocycles. The van der Waals surface area contributed by atoms with Crippen molar-refractivity contribution in [3.8, 4) is 5.75 Å². The summed E-state index contributed by atoms with van der Waals surface area (Å²) in [7, 11) is 0. The van der Waals surface area contributed by atoms with Crippen molar-refractivity contribution in [3.05, 3.63) is 60.7 Å². The summed E-state index contributed by atoms with van der Waals surface area (Å²) in [6, 6.07) is 18.3. The fraction of sp³-hybridized carbons (Fsp3) is 0.235. The zero-order valence-corrected chi connectivity index (χ0v) is 12.2. The molecular formula is C17H18N2O2. The normalized spacial score (nSPS) is 13.8. The lowest BCUT2D eigenvalue weighted by molar-refractivity contribution is -0.140. The second-order valence-electron chi connectivity index (χ2n) is 4.87. The highest BCUT2D eigenvalue weighted by atomic mass is 16.5. The molecule has 1 atom stereocenters. The minimum Gasteiger partial charge on any atom is -0.425 e. The van der Waals surface area contributed by atoms with E-state index in [0.29, 0.717) is 17.9 Å². The Kier molecular flexibility index (Phi) is 4.82. The average molecular weight is 282 g/mol. The van der Waals surface area contributed by atoms with Gasteiger partial charge in [0.2, 0.25) is 0 Å². The van der Waals surface area contributed by atoms with E-state index in [2.05, 4.69) is 10.2 Å². The van der Waals surface area contributed by atoms with E-state index >= 15 is 0 Å². The van der Waals surface area contributed by atoms with Crippen LogP contribution in [-0.4, -0.2) is 11.5 Å². The zero-order valence-electron chi connectivity index (χ0n) is 12.2. The quantitative estimate of drug-likeness (QED) is 0.459. The van der Waals surface area contributed by atoms with Crippen LogP contribution in [0.15, 0.2) is 70.9 Å². The van der Waals surface area contributed by atoms with E-state index in [1.54, 1.807) is 19.1 Å². The van der Waals surface area contributed by atoms with Gasteiger partial charge in [-0.2, -0.15) is 10.2 Å². The zero-order chi connectivity index (χ0) is 15.1. The Balaban J connectivity index is 2.13. The predicted octanol–water partition coefficient (Wildman–Crippen LogP) is 4.54. The van der Waals surface area contributed by atoms with Crippen molar-refractivity contribution in [1.29, 1.82) is 0 Å². The number of esters is 1. The summed E-state index contributed by atoms with van der Waals surface area (Å²) < 4.78 is 5.37. The van der Waals surface area contributed by atoms with Gasteiger partial charge in [0.1, 0.15) is 5.75 Å². The third kappa shape index (κ3) is 3.99. The Morgan fingerprint density at radius 2 is 1.62 bits per heavy atom. The van der Waals surface area contributed by atoms with E-state index < -0.39 is 11.5 Å². The fourth-order valence-electron chi connectivity index (χ4n) is 1.62. The number of hydrogen-bond donors (Lipinski definition) is 0. The lowest BCUT2D eigenvalue weighted by Crippen LogP contribution is -2.36. The highest BCUT2D eigenvalue weighted by Crippen LogP contribution is 2.23. The van der Waals surface area contributed by atoms with Crippen molar-refractivity contribution < 1.29 is 9.53 Å². The van der Waals surface area contributed by atoms with Gasteiger partial charge in [-0.15, -0.1) is 0 Å². The van der Waals surface area contributed by atoms with E-state index in [0.717, 1.165) is 0 Å². The maximum absolute atomic E-state index is 12.3. The molecule has 0 aliphatic carbocycles. The molecule has 0 aromatic heterocycles. The van der Waals surface area contributed by atoms with Gasteiger partial charge < -0.3 is 4.74 Å². The molecule has 0 saturated carbocycles. The van der Waals surface area contributed by atoms with E-state index in [-0.39, 0.29) is 0 Å². The van der Waals surface area contributed by atoms with Gasteiger partial charge in [-0.1, -0.05) is 43.3 Å². The highest BCUT2D eigenvalue weighted by Gasteiger charge is 2.33. The smallest absolute Gasteiger partial charge is 0.341 e. The molecule has 4 nitrogen and oxygen atoms in total. The first kappa shape index (κ1) is 14.9. The number of carbonyl (C=O) groups excluding carboxylic acids is 1. The van der Waals surface area contributed by atoms with E-state index in [4.69, 9.17) is 4.74 Å². The van der Waals surface area contributed by atoms with Crippen molar-refractivity contribution in [2.24, 2.45) is 10.2 Å². The van der Waals surface area contributed by atoms with Gasteiger partial charge in [-0.25, -0.2) is 4.79 Å². The van der Waals surface area contributed by atoms with Crippen molar-refractivity contribution in [1.82, 2.24) is 0 Å². The van der Waals surface area contributed by atoms with Gasteiger partial charge in [0, 0.05) is 0 Å². The number of azo groups is 1. The molecule has 0 aliphatic rings. The van der Waals surface area contributed by atoms with Crippen molar-refractivity contribution in [3.63, 3.8) is 0 Å². The van der Waals surface area contributed by atoms with Gasteiger partial charge in [-0.3, -0.25) is 0 Å². The van der Waals surface area contributed by atoms with Crippen molar-refractivity contribution in [2.45, 2.75) is 25.8 Å². The molecule has 2 rings (SSSR count). The topological polar surface area (TPSA) is 51.0 Å². The average Bonchev–Trinajstić information content (AvgIpc) is 2.54. The summed E-state index contributed by atoms with van der Waals surface area (Å²) in [4.78, 5) is 12.3. The molecule has 0 spiro atoms. The molecule has 0 amide bonds. The molecule has 1 unspecified atom stereocenters. The van der Waals surface area contributed by atoms with E-state index in [9.17, 15) is 4.79 Å². The number of para-hydroxylation sites is 1. The van der Waals surface area contributed by atoms with Crippen LogP contribution in [0, 0.1) is 0 Å². The number of ether oxygens (including phenoxy) is 1. The third-order valence-corrected chi connectivity index (χ3v) is 3.22. The summed E-state index contributed by atoms with van der Waals surface area (Å²) in [5, 5.41) is 8.33. The van der Waals surface area contributed by atoms with Crippen LogP contribution < -0.4 is 4.74 Å². The fourth-order valence-corrected chi connectivity index (χ4v) is 1.62. The van der Waals surface area contributed by atoms with Crippen molar-refractivity contribution >= 4 is 11.7 Å². The Labute approximate surface area is 124 Å². The maximum Gasteiger partial charge on any atom is 0.341 e. The van der Waals surface area contributed by atoms with Crippen LogP contribution >= 0.6 is 0 Å². The molecule has 0 N–H and O–H groups in total. The van der Waals surface area contributed by atoms with Crippen LogP contribution in [0.4, 0.5) is 5.69 Å². The van der Waals surface area contributed by atoms with Crippen LogP contribution in [0.25, 0.3) is 0 Å². The molecule has 2 aromatic carbocycles. The molecule has 21 heavy (non-hydrogen) atoms. The molecule has 0 aliphatic heterocycles. The Hall–Kier alpha value is -2.49. The monoisotopic (exact) mass is 282 g/mol. The second kappa shape index (κ2) is 6.79. The number of hydrogen-bond acceptors (Lipinski definition) is 4. The Morgan fingerprint density at radius 1 is 1.05 bits per heavy atom. The standard InChI is InChI=1S/C17H18N2O2/c1-3-17(2,19-18-14-10-6-4-7-11-14)16(20)21-15-12-8-5-9-13-15/h4-13H,3H2,1-2H3. The molecule has 0 saturated heterocycles. The van der Waals surface area contributed by atoms with Crippen LogP contribution in [-0.2, 0) is 4.79 Å². The lowest BCUT2D eigenvalue weighted by Gasteiger charge is -2.19. The minimum atomic E-state index is -0.994. The summed E-state index contributed by atoms with van der Waals surface area (Å²) in [6.07, 6.45) is 0.509. The molecule has 2 aromatic rings. The first-order valence-corrected chi connectivity index (χ1v) is 6.89.